The second-order valence-corrected chi connectivity index (χ2v) is 3.31. The summed E-state index contributed by atoms with van der Waals surface area (Å²) in [5.74, 6) is 0.283. The molecule has 0 bridgehead atoms. The molecule has 0 saturated carbocycles. The predicted octanol–water partition coefficient (Wildman–Crippen LogP) is -0.786. The van der Waals surface area contributed by atoms with E-state index in [0.717, 1.165) is 4.57 Å². The van der Waals surface area contributed by atoms with Crippen molar-refractivity contribution in [1.82, 2.24) is 14.1 Å². The molecule has 2 aromatic heterocycles. The zero-order valence-electron chi connectivity index (χ0n) is 8.39. The van der Waals surface area contributed by atoms with Crippen LogP contribution in [0.1, 0.15) is 0 Å². The second kappa shape index (κ2) is 2.94. The van der Waals surface area contributed by atoms with Crippen molar-refractivity contribution in [3.8, 4) is 0 Å². The topological polar surface area (TPSA) is 82.9 Å². The molecule has 15 heavy (non-hydrogen) atoms. The van der Waals surface area contributed by atoms with E-state index >= 15 is 0 Å². The molecule has 0 amide bonds. The molecule has 0 spiro atoms. The van der Waals surface area contributed by atoms with Crippen LogP contribution in [-0.2, 0) is 14.1 Å². The monoisotopic (exact) mass is 206 g/mol. The van der Waals surface area contributed by atoms with E-state index in [1.54, 1.807) is 13.1 Å². The van der Waals surface area contributed by atoms with Gasteiger partial charge in [-0.1, -0.05) is 0 Å². The van der Waals surface area contributed by atoms with Crippen molar-refractivity contribution in [2.45, 2.75) is 0 Å². The van der Waals surface area contributed by atoms with Crippen molar-refractivity contribution in [3.05, 3.63) is 33.0 Å². The number of nitrogens with two attached hydrogens (primary N) is 1. The molecule has 0 radical (unpaired) electrons. The van der Waals surface area contributed by atoms with E-state index < -0.39 is 5.69 Å². The van der Waals surface area contributed by atoms with Gasteiger partial charge in [-0.3, -0.25) is 13.9 Å². The van der Waals surface area contributed by atoms with E-state index in [9.17, 15) is 9.59 Å². The standard InChI is InChI=1S/C9H10N4O2/c1-12-7-5(3-4-6(10)11-7)8(14)13(2)9(12)15/h3-4H,1-2H3,(H2,10,11). The average molecular weight is 206 g/mol. The lowest BCUT2D eigenvalue weighted by Crippen LogP contribution is -2.37. The summed E-state index contributed by atoms with van der Waals surface area (Å²) in [6, 6.07) is 3.10. The molecule has 2 rings (SSSR count). The molecule has 0 aliphatic carbocycles. The van der Waals surface area contributed by atoms with Crippen LogP contribution in [0.15, 0.2) is 21.7 Å². The van der Waals surface area contributed by atoms with Crippen LogP contribution < -0.4 is 17.0 Å². The van der Waals surface area contributed by atoms with E-state index in [1.807, 2.05) is 0 Å². The van der Waals surface area contributed by atoms with Gasteiger partial charge in [-0.2, -0.15) is 0 Å². The summed E-state index contributed by atoms with van der Waals surface area (Å²) >= 11 is 0. The molecule has 0 aliphatic heterocycles. The maximum atomic E-state index is 11.7. The highest BCUT2D eigenvalue weighted by Crippen LogP contribution is 2.06. The summed E-state index contributed by atoms with van der Waals surface area (Å²) in [7, 11) is 2.98. The van der Waals surface area contributed by atoms with Crippen LogP contribution in [0, 0.1) is 0 Å². The van der Waals surface area contributed by atoms with Crippen LogP contribution in [0.5, 0.6) is 0 Å². The average Bonchev–Trinajstić information content (AvgIpc) is 2.23. The van der Waals surface area contributed by atoms with Crippen LogP contribution in [0.3, 0.4) is 0 Å². The lowest BCUT2D eigenvalue weighted by molar-refractivity contribution is 0.708. The third kappa shape index (κ3) is 1.22. The quantitative estimate of drug-likeness (QED) is 0.612. The number of pyridine rings is 1. The first-order valence-electron chi connectivity index (χ1n) is 4.34. The van der Waals surface area contributed by atoms with Gasteiger partial charge in [-0.05, 0) is 12.1 Å². The van der Waals surface area contributed by atoms with Gasteiger partial charge in [0.2, 0.25) is 0 Å². The first-order valence-corrected chi connectivity index (χ1v) is 4.34. The number of anilines is 1. The Morgan fingerprint density at radius 3 is 2.53 bits per heavy atom. The molecule has 2 N–H and O–H groups in total. The first kappa shape index (κ1) is 9.45. The zero-order chi connectivity index (χ0) is 11.2. The van der Waals surface area contributed by atoms with Crippen LogP contribution in [0.2, 0.25) is 0 Å². The van der Waals surface area contributed by atoms with Gasteiger partial charge in [0, 0.05) is 14.1 Å². The van der Waals surface area contributed by atoms with Crippen molar-refractivity contribution in [2.75, 3.05) is 5.73 Å². The Hall–Kier alpha value is -2.11. The molecule has 0 aromatic carbocycles. The zero-order valence-corrected chi connectivity index (χ0v) is 8.39. The minimum Gasteiger partial charge on any atom is -0.384 e. The molecule has 78 valence electrons. The molecular weight excluding hydrogens is 196 g/mol. The molecule has 6 nitrogen and oxygen atoms in total. The Morgan fingerprint density at radius 1 is 1.20 bits per heavy atom. The van der Waals surface area contributed by atoms with Gasteiger partial charge in [0.05, 0.1) is 5.39 Å². The maximum Gasteiger partial charge on any atom is 0.332 e. The third-order valence-electron chi connectivity index (χ3n) is 2.32. The van der Waals surface area contributed by atoms with Crippen molar-refractivity contribution in [2.24, 2.45) is 14.1 Å². The molecule has 0 aliphatic rings. The number of nitrogens with zero attached hydrogens (tertiary/aromatic N) is 3. The van der Waals surface area contributed by atoms with Gasteiger partial charge < -0.3 is 5.73 Å². The van der Waals surface area contributed by atoms with Crippen LogP contribution in [0.25, 0.3) is 11.0 Å². The van der Waals surface area contributed by atoms with Gasteiger partial charge in [0.15, 0.2) is 5.65 Å². The van der Waals surface area contributed by atoms with Gasteiger partial charge >= 0.3 is 5.69 Å². The first-order chi connectivity index (χ1) is 7.02. The molecule has 0 fully saturated rings. The molecule has 0 atom stereocenters. The Balaban J connectivity index is 3.15. The molecule has 2 heterocycles. The normalized spacial score (nSPS) is 10.8. The van der Waals surface area contributed by atoms with Crippen molar-refractivity contribution >= 4 is 16.9 Å². The number of aromatic nitrogens is 3. The molecule has 0 saturated heterocycles. The van der Waals surface area contributed by atoms with Gasteiger partial charge in [-0.15, -0.1) is 0 Å². The highest BCUT2D eigenvalue weighted by atomic mass is 16.2. The molecular formula is C9H10N4O2. The Labute approximate surface area is 84.6 Å². The highest BCUT2D eigenvalue weighted by molar-refractivity contribution is 5.75. The van der Waals surface area contributed by atoms with Crippen LogP contribution >= 0.6 is 0 Å². The largest absolute Gasteiger partial charge is 0.384 e. The Kier molecular flexibility index (Phi) is 1.85. The van der Waals surface area contributed by atoms with E-state index in [1.165, 1.54) is 17.7 Å². The van der Waals surface area contributed by atoms with Crippen LogP contribution in [-0.4, -0.2) is 14.1 Å². The molecule has 2 aromatic rings. The van der Waals surface area contributed by atoms with E-state index in [0.29, 0.717) is 11.0 Å². The summed E-state index contributed by atoms with van der Waals surface area (Å²) in [5, 5.41) is 0.383. The summed E-state index contributed by atoms with van der Waals surface area (Å²) in [6.45, 7) is 0. The molecule has 0 unspecified atom stereocenters. The predicted molar refractivity (Wildman–Crippen MR) is 56.6 cm³/mol. The summed E-state index contributed by atoms with van der Waals surface area (Å²) in [5.41, 5.74) is 5.03. The number of rotatable bonds is 0. The van der Waals surface area contributed by atoms with E-state index in [4.69, 9.17) is 5.73 Å². The Bertz CT molecular complexity index is 653. The Morgan fingerprint density at radius 2 is 1.87 bits per heavy atom. The lowest BCUT2D eigenvalue weighted by Gasteiger charge is -2.06. The minimum absolute atomic E-state index is 0.283. The van der Waals surface area contributed by atoms with Crippen molar-refractivity contribution < 1.29 is 0 Å². The second-order valence-electron chi connectivity index (χ2n) is 3.31. The summed E-state index contributed by atoms with van der Waals surface area (Å²) < 4.78 is 2.34. The lowest BCUT2D eigenvalue weighted by atomic mass is 10.3. The van der Waals surface area contributed by atoms with Gasteiger partial charge in [0.25, 0.3) is 5.56 Å². The number of hydrogen-bond donors (Lipinski definition) is 1. The van der Waals surface area contributed by atoms with Crippen molar-refractivity contribution in [3.63, 3.8) is 0 Å². The summed E-state index contributed by atoms with van der Waals surface area (Å²) in [6.07, 6.45) is 0. The van der Waals surface area contributed by atoms with E-state index in [-0.39, 0.29) is 11.4 Å². The highest BCUT2D eigenvalue weighted by Gasteiger charge is 2.08. The SMILES string of the molecule is Cn1c(=O)c2ccc(N)nc2n(C)c1=O. The number of aryl methyl sites for hydroxylation is 1. The number of hydrogen-bond acceptors (Lipinski definition) is 4. The van der Waals surface area contributed by atoms with Crippen molar-refractivity contribution in [1.29, 1.82) is 0 Å². The maximum absolute atomic E-state index is 11.7. The van der Waals surface area contributed by atoms with Gasteiger partial charge in [-0.25, -0.2) is 9.78 Å². The fraction of sp³-hybridized carbons (Fsp3) is 0.222. The van der Waals surface area contributed by atoms with Gasteiger partial charge in [0.1, 0.15) is 5.82 Å². The smallest absolute Gasteiger partial charge is 0.332 e. The molecule has 6 heteroatoms. The fourth-order valence-corrected chi connectivity index (χ4v) is 1.47. The van der Waals surface area contributed by atoms with Crippen LogP contribution in [0.4, 0.5) is 5.82 Å². The number of nitrogen functional groups attached to an aromatic ring is 1. The summed E-state index contributed by atoms with van der Waals surface area (Å²) in [4.78, 5) is 27.2. The third-order valence-corrected chi connectivity index (χ3v) is 2.32. The van der Waals surface area contributed by atoms with E-state index in [2.05, 4.69) is 4.98 Å². The fourth-order valence-electron chi connectivity index (χ4n) is 1.47. The number of fused-ring (bicyclic) bond motifs is 1. The minimum atomic E-state index is -0.411.